The van der Waals surface area contributed by atoms with Crippen LogP contribution in [0.3, 0.4) is 0 Å². The smallest absolute Gasteiger partial charge is 0.276 e. The zero-order valence-corrected chi connectivity index (χ0v) is 18.2. The van der Waals surface area contributed by atoms with Crippen molar-refractivity contribution in [3.63, 3.8) is 0 Å². The number of carbonyl (C=O) groups is 2. The molecule has 2 aliphatic rings. The van der Waals surface area contributed by atoms with Crippen molar-refractivity contribution in [2.24, 2.45) is 7.05 Å². The largest absolute Gasteiger partial charge is 0.494 e. The van der Waals surface area contributed by atoms with E-state index < -0.39 is 0 Å². The van der Waals surface area contributed by atoms with Gasteiger partial charge in [0.2, 0.25) is 5.91 Å². The molecule has 2 saturated heterocycles. The second-order valence-corrected chi connectivity index (χ2v) is 8.27. The summed E-state index contributed by atoms with van der Waals surface area (Å²) in [5.74, 6) is 0.423. The average molecular weight is 427 g/mol. The van der Waals surface area contributed by atoms with Crippen molar-refractivity contribution in [1.29, 1.82) is 0 Å². The van der Waals surface area contributed by atoms with Crippen LogP contribution >= 0.6 is 0 Å². The van der Waals surface area contributed by atoms with E-state index in [1.807, 2.05) is 24.3 Å². The molecular formula is C22H30N6O3. The number of hydrogen-bond acceptors (Lipinski definition) is 6. The molecule has 0 saturated carbocycles. The zero-order valence-electron chi connectivity index (χ0n) is 18.2. The number of aryl methyl sites for hydroxylation is 1. The molecule has 166 valence electrons. The summed E-state index contributed by atoms with van der Waals surface area (Å²) < 4.78 is 7.35. The van der Waals surface area contributed by atoms with E-state index in [1.54, 1.807) is 18.1 Å². The van der Waals surface area contributed by atoms with Gasteiger partial charge in [-0.3, -0.25) is 14.3 Å². The molecule has 9 nitrogen and oxygen atoms in total. The van der Waals surface area contributed by atoms with Gasteiger partial charge in [0.05, 0.1) is 12.8 Å². The molecule has 0 unspecified atom stereocenters. The van der Waals surface area contributed by atoms with Crippen molar-refractivity contribution in [3.05, 3.63) is 36.2 Å². The number of carbonyl (C=O) groups excluding carboxylic acids is 2. The maximum absolute atomic E-state index is 12.6. The van der Waals surface area contributed by atoms with Crippen LogP contribution in [0.4, 0.5) is 5.69 Å². The fourth-order valence-corrected chi connectivity index (χ4v) is 4.23. The van der Waals surface area contributed by atoms with Gasteiger partial charge in [0.15, 0.2) is 5.69 Å². The Balaban J connectivity index is 1.25. The molecule has 0 aliphatic carbocycles. The van der Waals surface area contributed by atoms with Crippen LogP contribution in [0, 0.1) is 0 Å². The Morgan fingerprint density at radius 3 is 2.65 bits per heavy atom. The highest BCUT2D eigenvalue weighted by Crippen LogP contribution is 2.22. The molecule has 1 aromatic heterocycles. The molecule has 0 N–H and O–H groups in total. The fourth-order valence-electron chi connectivity index (χ4n) is 4.23. The Bertz CT molecular complexity index is 912. The Morgan fingerprint density at radius 1 is 1.19 bits per heavy atom. The minimum absolute atomic E-state index is 0.0303. The molecule has 9 heteroatoms. The minimum Gasteiger partial charge on any atom is -0.494 e. The molecule has 2 amide bonds. The molecule has 0 spiro atoms. The van der Waals surface area contributed by atoms with Gasteiger partial charge in [0.25, 0.3) is 5.91 Å². The predicted octanol–water partition coefficient (Wildman–Crippen LogP) is 1.56. The standard InChI is InChI=1S/C22H30N6O3/c1-17-5-3-10-26(17)11-4-14-31-19-8-6-18(7-9-19)28-13-12-27(16-21(28)29)22(30)20-15-25(2)24-23-20/h6-9,15,17H,3-5,10-14,16H2,1-2H3/t17-/m1/s1. The van der Waals surface area contributed by atoms with Gasteiger partial charge in [0.1, 0.15) is 12.3 Å². The van der Waals surface area contributed by atoms with Crippen molar-refractivity contribution in [2.75, 3.05) is 44.2 Å². The number of piperazine rings is 1. The lowest BCUT2D eigenvalue weighted by Crippen LogP contribution is -2.52. The van der Waals surface area contributed by atoms with Gasteiger partial charge < -0.3 is 19.4 Å². The van der Waals surface area contributed by atoms with Gasteiger partial charge in [-0.1, -0.05) is 5.21 Å². The number of rotatable bonds is 7. The predicted molar refractivity (Wildman–Crippen MR) is 116 cm³/mol. The normalized spacial score (nSPS) is 19.8. The van der Waals surface area contributed by atoms with E-state index in [4.69, 9.17) is 4.74 Å². The molecule has 1 aromatic carbocycles. The first-order valence-electron chi connectivity index (χ1n) is 10.9. The SMILES string of the molecule is C[C@@H]1CCCN1CCCOc1ccc(N2CCN(C(=O)c3cn(C)nn3)CC2=O)cc1. The van der Waals surface area contributed by atoms with E-state index in [0.717, 1.165) is 24.4 Å². The monoisotopic (exact) mass is 426 g/mol. The molecule has 1 atom stereocenters. The fraction of sp³-hybridized carbons (Fsp3) is 0.545. The van der Waals surface area contributed by atoms with Gasteiger partial charge in [-0.2, -0.15) is 0 Å². The molecule has 2 fully saturated rings. The summed E-state index contributed by atoms with van der Waals surface area (Å²) in [5, 5.41) is 7.62. The first kappa shape index (κ1) is 21.3. The van der Waals surface area contributed by atoms with Gasteiger partial charge >= 0.3 is 0 Å². The number of aromatic nitrogens is 3. The maximum atomic E-state index is 12.6. The molecular weight excluding hydrogens is 396 g/mol. The highest BCUT2D eigenvalue weighted by molar-refractivity contribution is 6.00. The number of hydrogen-bond donors (Lipinski definition) is 0. The van der Waals surface area contributed by atoms with Gasteiger partial charge in [0, 0.05) is 38.4 Å². The first-order chi connectivity index (χ1) is 15.0. The average Bonchev–Trinajstić information content (AvgIpc) is 3.39. The second kappa shape index (κ2) is 9.47. The molecule has 0 bridgehead atoms. The Morgan fingerprint density at radius 2 is 2.00 bits per heavy atom. The zero-order chi connectivity index (χ0) is 21.8. The lowest BCUT2D eigenvalue weighted by Gasteiger charge is -2.34. The summed E-state index contributed by atoms with van der Waals surface area (Å²) in [6, 6.07) is 8.29. The van der Waals surface area contributed by atoms with E-state index in [-0.39, 0.29) is 24.1 Å². The van der Waals surface area contributed by atoms with Crippen LogP contribution in [0.1, 0.15) is 36.7 Å². The van der Waals surface area contributed by atoms with E-state index in [9.17, 15) is 9.59 Å². The van der Waals surface area contributed by atoms with Crippen LogP contribution in [-0.2, 0) is 11.8 Å². The topological polar surface area (TPSA) is 83.8 Å². The number of nitrogens with zero attached hydrogens (tertiary/aromatic N) is 6. The van der Waals surface area contributed by atoms with Gasteiger partial charge in [-0.05, 0) is 57.0 Å². The van der Waals surface area contributed by atoms with Crippen LogP contribution < -0.4 is 9.64 Å². The number of ether oxygens (including phenoxy) is 1. The van der Waals surface area contributed by atoms with Crippen molar-refractivity contribution < 1.29 is 14.3 Å². The van der Waals surface area contributed by atoms with E-state index in [2.05, 4.69) is 22.1 Å². The van der Waals surface area contributed by atoms with Crippen molar-refractivity contribution in [1.82, 2.24) is 24.8 Å². The summed E-state index contributed by atoms with van der Waals surface area (Å²) >= 11 is 0. The lowest BCUT2D eigenvalue weighted by atomic mass is 10.2. The number of benzene rings is 1. The quantitative estimate of drug-likeness (QED) is 0.625. The van der Waals surface area contributed by atoms with Gasteiger partial charge in [-0.15, -0.1) is 5.10 Å². The summed E-state index contributed by atoms with van der Waals surface area (Å²) in [6.45, 7) is 6.17. The van der Waals surface area contributed by atoms with Gasteiger partial charge in [-0.25, -0.2) is 0 Å². The molecule has 31 heavy (non-hydrogen) atoms. The summed E-state index contributed by atoms with van der Waals surface area (Å²) in [4.78, 5) is 30.9. The van der Waals surface area contributed by atoms with Crippen molar-refractivity contribution in [3.8, 4) is 5.75 Å². The summed E-state index contributed by atoms with van der Waals surface area (Å²) in [7, 11) is 1.70. The van der Waals surface area contributed by atoms with Crippen LogP contribution in [-0.4, -0.2) is 82.0 Å². The molecule has 2 aromatic rings. The Labute approximate surface area is 182 Å². The molecule has 4 rings (SSSR count). The van der Waals surface area contributed by atoms with Crippen molar-refractivity contribution >= 4 is 17.5 Å². The van der Waals surface area contributed by atoms with Crippen LogP contribution in [0.2, 0.25) is 0 Å². The summed E-state index contributed by atoms with van der Waals surface area (Å²) in [5.41, 5.74) is 1.07. The molecule has 2 aliphatic heterocycles. The lowest BCUT2D eigenvalue weighted by molar-refractivity contribution is -0.120. The molecule has 3 heterocycles. The van der Waals surface area contributed by atoms with Crippen LogP contribution in [0.5, 0.6) is 5.75 Å². The number of amides is 2. The van der Waals surface area contributed by atoms with Crippen molar-refractivity contribution in [2.45, 2.75) is 32.2 Å². The van der Waals surface area contributed by atoms with E-state index in [0.29, 0.717) is 25.7 Å². The van der Waals surface area contributed by atoms with Crippen LogP contribution in [0.25, 0.3) is 0 Å². The minimum atomic E-state index is -0.270. The number of likely N-dealkylation sites (tertiary alicyclic amines) is 1. The van der Waals surface area contributed by atoms with E-state index >= 15 is 0 Å². The second-order valence-electron chi connectivity index (χ2n) is 8.27. The van der Waals surface area contributed by atoms with Crippen LogP contribution in [0.15, 0.2) is 30.5 Å². The first-order valence-corrected chi connectivity index (χ1v) is 10.9. The summed E-state index contributed by atoms with van der Waals surface area (Å²) in [6.07, 6.45) is 5.16. The molecule has 0 radical (unpaired) electrons. The highest BCUT2D eigenvalue weighted by Gasteiger charge is 2.29. The number of anilines is 1. The third-order valence-electron chi connectivity index (χ3n) is 6.03. The third-order valence-corrected chi connectivity index (χ3v) is 6.03. The Kier molecular flexibility index (Phi) is 6.50. The maximum Gasteiger partial charge on any atom is 0.276 e. The van der Waals surface area contributed by atoms with E-state index in [1.165, 1.54) is 29.0 Å². The Hall–Kier alpha value is -2.94. The third kappa shape index (κ3) is 5.04. The highest BCUT2D eigenvalue weighted by atomic mass is 16.5.